The lowest BCUT2D eigenvalue weighted by atomic mass is 10.0. The summed E-state index contributed by atoms with van der Waals surface area (Å²) in [6.07, 6.45) is 3.24. The first kappa shape index (κ1) is 18.5. The maximum atomic E-state index is 12.1. The molecule has 1 unspecified atom stereocenters. The average Bonchev–Trinajstić information content (AvgIpc) is 2.78. The van der Waals surface area contributed by atoms with Gasteiger partial charge in [0.1, 0.15) is 0 Å². The number of rotatable bonds is 8. The fourth-order valence-electron chi connectivity index (χ4n) is 2.48. The molecule has 0 saturated heterocycles. The van der Waals surface area contributed by atoms with Crippen molar-refractivity contribution in [1.82, 2.24) is 15.1 Å². The first-order valence-electron chi connectivity index (χ1n) is 8.10. The fraction of sp³-hybridized carbons (Fsp3) is 0.750. The molecule has 0 aromatic carbocycles. The highest BCUT2D eigenvalue weighted by molar-refractivity contribution is 5.89. The van der Waals surface area contributed by atoms with E-state index in [1.165, 1.54) is 0 Å². The molecular formula is C16H30N4O2. The summed E-state index contributed by atoms with van der Waals surface area (Å²) in [5.41, 5.74) is 1.76. The van der Waals surface area contributed by atoms with Crippen molar-refractivity contribution in [1.29, 1.82) is 0 Å². The van der Waals surface area contributed by atoms with Crippen molar-refractivity contribution >= 4 is 11.7 Å². The van der Waals surface area contributed by atoms with Crippen LogP contribution in [0.15, 0.2) is 6.20 Å². The summed E-state index contributed by atoms with van der Waals surface area (Å²) < 4.78 is 1.94. The monoisotopic (exact) mass is 310 g/mol. The summed E-state index contributed by atoms with van der Waals surface area (Å²) in [4.78, 5) is 12.1. The smallest absolute Gasteiger partial charge is 0.319 e. The van der Waals surface area contributed by atoms with Crippen LogP contribution in [0.4, 0.5) is 10.5 Å². The number of nitrogens with one attached hydrogen (secondary N) is 2. The molecule has 1 rings (SSSR count). The Morgan fingerprint density at radius 1 is 1.32 bits per heavy atom. The molecule has 6 nitrogen and oxygen atoms in total. The number of urea groups is 1. The molecule has 2 amide bonds. The molecule has 0 aliphatic heterocycles. The van der Waals surface area contributed by atoms with Crippen LogP contribution in [0.1, 0.15) is 46.7 Å². The van der Waals surface area contributed by atoms with Gasteiger partial charge in [-0.1, -0.05) is 34.6 Å². The minimum Gasteiger partial charge on any atom is -0.394 e. The highest BCUT2D eigenvalue weighted by Gasteiger charge is 2.16. The Morgan fingerprint density at radius 3 is 2.50 bits per heavy atom. The lowest BCUT2D eigenvalue weighted by molar-refractivity contribution is 0.214. The molecule has 1 aromatic rings. The standard InChI is InChI=1S/C16H30N4O2/c1-6-15-14(8-17-20(15)9-12(4)5)19-16(22)18-13(10-21)7-11(2)3/h8,11-13,21H,6-7,9-10H2,1-5H3,(H2,18,19,22). The van der Waals surface area contributed by atoms with Gasteiger partial charge in [-0.25, -0.2) is 4.79 Å². The molecule has 1 heterocycles. The zero-order valence-electron chi connectivity index (χ0n) is 14.4. The Kier molecular flexibility index (Phi) is 7.38. The average molecular weight is 310 g/mol. The number of nitrogens with zero attached hydrogens (tertiary/aromatic N) is 2. The number of carbonyl (C=O) groups excluding carboxylic acids is 1. The molecular weight excluding hydrogens is 280 g/mol. The number of carbonyl (C=O) groups is 1. The zero-order chi connectivity index (χ0) is 16.7. The van der Waals surface area contributed by atoms with Crippen LogP contribution in [0, 0.1) is 11.8 Å². The van der Waals surface area contributed by atoms with E-state index in [4.69, 9.17) is 0 Å². The summed E-state index contributed by atoms with van der Waals surface area (Å²) in [5.74, 6) is 0.911. The Bertz CT molecular complexity index is 469. The predicted octanol–water partition coefficient (Wildman–Crippen LogP) is 2.63. The Morgan fingerprint density at radius 2 is 2.00 bits per heavy atom. The Labute approximate surface area is 133 Å². The van der Waals surface area contributed by atoms with E-state index in [-0.39, 0.29) is 18.7 Å². The van der Waals surface area contributed by atoms with Crippen molar-refractivity contribution in [3.8, 4) is 0 Å². The number of hydrogen-bond acceptors (Lipinski definition) is 3. The van der Waals surface area contributed by atoms with Crippen LogP contribution in [-0.2, 0) is 13.0 Å². The van der Waals surface area contributed by atoms with Crippen molar-refractivity contribution < 1.29 is 9.90 Å². The summed E-state index contributed by atoms with van der Waals surface area (Å²) in [6.45, 7) is 11.2. The first-order chi connectivity index (χ1) is 10.4. The van der Waals surface area contributed by atoms with Gasteiger partial charge in [0.25, 0.3) is 0 Å². The van der Waals surface area contributed by atoms with E-state index in [9.17, 15) is 9.90 Å². The molecule has 6 heteroatoms. The minimum absolute atomic E-state index is 0.0567. The van der Waals surface area contributed by atoms with Gasteiger partial charge in [-0.05, 0) is 24.7 Å². The molecule has 0 bridgehead atoms. The molecule has 126 valence electrons. The highest BCUT2D eigenvalue weighted by Crippen LogP contribution is 2.17. The molecule has 1 atom stereocenters. The van der Waals surface area contributed by atoms with Gasteiger partial charge in [0.15, 0.2) is 0 Å². The predicted molar refractivity (Wildman–Crippen MR) is 88.9 cm³/mol. The number of aromatic nitrogens is 2. The number of aliphatic hydroxyl groups is 1. The molecule has 0 spiro atoms. The largest absolute Gasteiger partial charge is 0.394 e. The van der Waals surface area contributed by atoms with Crippen molar-refractivity contribution in [3.05, 3.63) is 11.9 Å². The number of hydrogen-bond donors (Lipinski definition) is 3. The van der Waals surface area contributed by atoms with Crippen molar-refractivity contribution in [2.75, 3.05) is 11.9 Å². The van der Waals surface area contributed by atoms with E-state index in [0.717, 1.165) is 30.8 Å². The van der Waals surface area contributed by atoms with Crippen LogP contribution in [0.5, 0.6) is 0 Å². The van der Waals surface area contributed by atoms with E-state index in [2.05, 4.69) is 43.4 Å². The van der Waals surface area contributed by atoms with Crippen molar-refractivity contribution in [2.24, 2.45) is 11.8 Å². The lowest BCUT2D eigenvalue weighted by Crippen LogP contribution is -2.41. The summed E-state index contributed by atoms with van der Waals surface area (Å²) in [5, 5.41) is 19.3. The SMILES string of the molecule is CCc1c(NC(=O)NC(CO)CC(C)C)cnn1CC(C)C. The van der Waals surface area contributed by atoms with E-state index in [1.54, 1.807) is 6.20 Å². The molecule has 0 saturated carbocycles. The molecule has 3 N–H and O–H groups in total. The second-order valence-corrected chi connectivity index (χ2v) is 6.54. The van der Waals surface area contributed by atoms with Gasteiger partial charge in [0.2, 0.25) is 0 Å². The normalized spacial score (nSPS) is 12.7. The zero-order valence-corrected chi connectivity index (χ0v) is 14.4. The number of anilines is 1. The molecule has 0 aliphatic rings. The van der Waals surface area contributed by atoms with Crippen LogP contribution >= 0.6 is 0 Å². The summed E-state index contributed by atoms with van der Waals surface area (Å²) in [7, 11) is 0. The minimum atomic E-state index is -0.293. The van der Waals surface area contributed by atoms with Crippen molar-refractivity contribution in [2.45, 2.75) is 60.0 Å². The summed E-state index contributed by atoms with van der Waals surface area (Å²) >= 11 is 0. The van der Waals surface area contributed by atoms with Gasteiger partial charge in [-0.3, -0.25) is 4.68 Å². The van der Waals surface area contributed by atoms with E-state index >= 15 is 0 Å². The first-order valence-corrected chi connectivity index (χ1v) is 8.10. The summed E-state index contributed by atoms with van der Waals surface area (Å²) in [6, 6.07) is -0.519. The van der Waals surface area contributed by atoms with Gasteiger partial charge < -0.3 is 15.7 Å². The third-order valence-electron chi connectivity index (χ3n) is 3.38. The van der Waals surface area contributed by atoms with Crippen LogP contribution in [-0.4, -0.2) is 33.6 Å². The van der Waals surface area contributed by atoms with Gasteiger partial charge >= 0.3 is 6.03 Å². The third kappa shape index (κ3) is 5.67. The highest BCUT2D eigenvalue weighted by atomic mass is 16.3. The Hall–Kier alpha value is -1.56. The van der Waals surface area contributed by atoms with E-state index in [1.807, 2.05) is 11.6 Å². The maximum absolute atomic E-state index is 12.1. The molecule has 0 aliphatic carbocycles. The van der Waals surface area contributed by atoms with Crippen LogP contribution in [0.2, 0.25) is 0 Å². The third-order valence-corrected chi connectivity index (χ3v) is 3.38. The molecule has 1 aromatic heterocycles. The quantitative estimate of drug-likeness (QED) is 0.690. The second kappa shape index (κ2) is 8.78. The molecule has 0 radical (unpaired) electrons. The van der Waals surface area contributed by atoms with Gasteiger partial charge in [-0.2, -0.15) is 5.10 Å². The maximum Gasteiger partial charge on any atom is 0.319 e. The fourth-order valence-corrected chi connectivity index (χ4v) is 2.48. The van der Waals surface area contributed by atoms with Gasteiger partial charge in [-0.15, -0.1) is 0 Å². The lowest BCUT2D eigenvalue weighted by Gasteiger charge is -2.18. The Balaban J connectivity index is 2.69. The number of amides is 2. The van der Waals surface area contributed by atoms with Crippen LogP contribution in [0.3, 0.4) is 0 Å². The van der Waals surface area contributed by atoms with Gasteiger partial charge in [0.05, 0.1) is 30.2 Å². The number of aliphatic hydroxyl groups excluding tert-OH is 1. The van der Waals surface area contributed by atoms with Gasteiger partial charge in [0, 0.05) is 6.54 Å². The van der Waals surface area contributed by atoms with E-state index in [0.29, 0.717) is 11.8 Å². The molecule has 0 fully saturated rings. The van der Waals surface area contributed by atoms with Crippen LogP contribution < -0.4 is 10.6 Å². The topological polar surface area (TPSA) is 79.2 Å². The van der Waals surface area contributed by atoms with Crippen molar-refractivity contribution in [3.63, 3.8) is 0 Å². The second-order valence-electron chi connectivity index (χ2n) is 6.54. The van der Waals surface area contributed by atoms with E-state index < -0.39 is 0 Å². The van der Waals surface area contributed by atoms with Crippen LogP contribution in [0.25, 0.3) is 0 Å². The molecule has 22 heavy (non-hydrogen) atoms.